The molecule has 3 fully saturated rings. The van der Waals surface area contributed by atoms with E-state index in [1.165, 1.54) is 14.2 Å². The van der Waals surface area contributed by atoms with Crippen LogP contribution in [-0.4, -0.2) is 103 Å². The van der Waals surface area contributed by atoms with Gasteiger partial charge in [-0.2, -0.15) is 0 Å². The van der Waals surface area contributed by atoms with Gasteiger partial charge in [-0.1, -0.05) is 62.4 Å². The fourth-order valence-corrected chi connectivity index (χ4v) is 8.60. The minimum Gasteiger partial charge on any atom is -0.465 e. The molecule has 0 bridgehead atoms. The van der Waals surface area contributed by atoms with Crippen LogP contribution in [0.1, 0.15) is 82.5 Å². The number of aromatic nitrogens is 4. The predicted molar refractivity (Wildman–Crippen MR) is 206 cm³/mol. The summed E-state index contributed by atoms with van der Waals surface area (Å²) in [5.74, 6) is 1.15. The third-order valence-electron chi connectivity index (χ3n) is 11.5. The van der Waals surface area contributed by atoms with Crippen molar-refractivity contribution in [2.75, 3.05) is 27.2 Å². The second kappa shape index (κ2) is 16.0. The van der Waals surface area contributed by atoms with Crippen molar-refractivity contribution < 1.29 is 29.0 Å². The first-order chi connectivity index (χ1) is 26.5. The number of likely N-dealkylation sites (N-methyl/N-ethyl adjacent to an activating group) is 1. The van der Waals surface area contributed by atoms with E-state index in [9.17, 15) is 24.3 Å². The average Bonchev–Trinajstić information content (AvgIpc) is 4.04. The fraction of sp³-hybridized carbons (Fsp3) is 0.463. The van der Waals surface area contributed by atoms with Crippen LogP contribution in [-0.2, 0) is 14.3 Å². The molecule has 4 amide bonds. The van der Waals surface area contributed by atoms with Crippen molar-refractivity contribution in [3.8, 4) is 33.6 Å². The van der Waals surface area contributed by atoms with Crippen molar-refractivity contribution in [1.82, 2.24) is 40.0 Å². The Labute approximate surface area is 320 Å². The highest BCUT2D eigenvalue weighted by Gasteiger charge is 2.41. The first kappa shape index (κ1) is 37.6. The molecule has 1 aliphatic carbocycles. The molecule has 4 aromatic rings. The molecule has 14 nitrogen and oxygen atoms in total. The SMILES string of the molecule is COC(=O)N[C@@H]1CC[C@H](C(=O)N2CCC[C@H]2c2ncc(-c3ccc(-c4ccc(-c5cnc([C@@H]6CCCN6C(=O)[C@H](C(C)C)N(C)C(=O)O)[nH]5)cc4)cc3)[nH]2)C1. The number of carbonyl (C=O) groups excluding carboxylic acids is 3. The van der Waals surface area contributed by atoms with Gasteiger partial charge in [-0.25, -0.2) is 19.6 Å². The maximum atomic E-state index is 13.6. The minimum atomic E-state index is -1.12. The number of imidazole rings is 2. The first-order valence-corrected chi connectivity index (χ1v) is 19.2. The second-order valence-corrected chi connectivity index (χ2v) is 15.3. The fourth-order valence-electron chi connectivity index (χ4n) is 8.60. The standard InChI is InChI=1S/C41H50N8O6/c1-24(2)35(47(3)41(53)54)39(51)49-20-6-8-34(49)37-43-23-32(46-37)28-15-11-26(12-16-28)25-9-13-27(14-10-25)31-22-42-36(45-31)33-7-5-19-48(33)38(50)29-17-18-30(21-29)44-40(52)55-4/h9-16,22-24,29-30,33-35H,5-8,17-21H2,1-4H3,(H,42,45)(H,43,46)(H,44,52)(H,53,54)/t29-,30+,33-,34-,35-/m0/s1. The number of amides is 4. The molecule has 2 aromatic carbocycles. The van der Waals surface area contributed by atoms with Gasteiger partial charge in [0.2, 0.25) is 11.8 Å². The van der Waals surface area contributed by atoms with Gasteiger partial charge >= 0.3 is 12.2 Å². The van der Waals surface area contributed by atoms with Gasteiger partial charge in [-0.3, -0.25) is 14.5 Å². The summed E-state index contributed by atoms with van der Waals surface area (Å²) in [4.78, 5) is 71.6. The second-order valence-electron chi connectivity index (χ2n) is 15.3. The zero-order valence-electron chi connectivity index (χ0n) is 31.8. The number of hydrogen-bond donors (Lipinski definition) is 4. The summed E-state index contributed by atoms with van der Waals surface area (Å²) in [5.41, 5.74) is 5.84. The van der Waals surface area contributed by atoms with E-state index < -0.39 is 18.2 Å². The number of H-pyrrole nitrogens is 2. The van der Waals surface area contributed by atoms with Gasteiger partial charge in [-0.15, -0.1) is 0 Å². The van der Waals surface area contributed by atoms with Gasteiger partial charge in [0.15, 0.2) is 0 Å². The number of ether oxygens (including phenoxy) is 1. The topological polar surface area (TPSA) is 177 Å². The Morgan fingerprint density at radius 3 is 1.82 bits per heavy atom. The van der Waals surface area contributed by atoms with Gasteiger partial charge in [0.05, 0.1) is 43.0 Å². The number of benzene rings is 2. The van der Waals surface area contributed by atoms with Crippen LogP contribution in [0.25, 0.3) is 33.6 Å². The molecule has 0 unspecified atom stereocenters. The Morgan fingerprint density at radius 2 is 1.31 bits per heavy atom. The average molecular weight is 751 g/mol. The highest BCUT2D eigenvalue weighted by atomic mass is 16.5. The first-order valence-electron chi connectivity index (χ1n) is 19.2. The lowest BCUT2D eigenvalue weighted by Gasteiger charge is -2.33. The number of likely N-dealkylation sites (tertiary alicyclic amines) is 2. The number of rotatable bonds is 10. The molecule has 4 heterocycles. The summed E-state index contributed by atoms with van der Waals surface area (Å²) in [6.07, 6.45) is 7.54. The molecule has 3 aliphatic rings. The minimum absolute atomic E-state index is 0.0447. The quantitative estimate of drug-likeness (QED) is 0.140. The number of methoxy groups -OCH3 is 1. The van der Waals surface area contributed by atoms with E-state index >= 15 is 0 Å². The van der Waals surface area contributed by atoms with Crippen molar-refractivity contribution in [1.29, 1.82) is 0 Å². The van der Waals surface area contributed by atoms with Crippen molar-refractivity contribution in [3.05, 3.63) is 72.6 Å². The largest absolute Gasteiger partial charge is 0.465 e. The summed E-state index contributed by atoms with van der Waals surface area (Å²) in [6.45, 7) is 4.99. The number of hydrogen-bond acceptors (Lipinski definition) is 7. The van der Waals surface area contributed by atoms with Crippen LogP contribution < -0.4 is 5.32 Å². The van der Waals surface area contributed by atoms with Gasteiger partial charge in [0.25, 0.3) is 0 Å². The van der Waals surface area contributed by atoms with Crippen LogP contribution in [0.4, 0.5) is 9.59 Å². The zero-order valence-corrected chi connectivity index (χ0v) is 31.8. The Morgan fingerprint density at radius 1 is 0.800 bits per heavy atom. The molecular formula is C41H50N8O6. The lowest BCUT2D eigenvalue weighted by molar-refractivity contribution is -0.138. The Kier molecular flexibility index (Phi) is 10.9. The van der Waals surface area contributed by atoms with Crippen LogP contribution in [0.3, 0.4) is 0 Å². The van der Waals surface area contributed by atoms with Crippen LogP contribution in [0.5, 0.6) is 0 Å². The lowest BCUT2D eigenvalue weighted by Crippen LogP contribution is -2.51. The molecule has 7 rings (SSSR count). The summed E-state index contributed by atoms with van der Waals surface area (Å²) < 4.78 is 4.73. The van der Waals surface area contributed by atoms with Gasteiger partial charge in [-0.05, 0) is 73.1 Å². The van der Waals surface area contributed by atoms with E-state index in [2.05, 4.69) is 56.7 Å². The number of alkyl carbamates (subject to hydrolysis) is 1. The molecule has 2 aromatic heterocycles. The molecular weight excluding hydrogens is 701 g/mol. The summed E-state index contributed by atoms with van der Waals surface area (Å²) >= 11 is 0. The van der Waals surface area contributed by atoms with Crippen molar-refractivity contribution in [2.45, 2.75) is 83.0 Å². The maximum Gasteiger partial charge on any atom is 0.407 e. The van der Waals surface area contributed by atoms with E-state index in [4.69, 9.17) is 9.72 Å². The number of carbonyl (C=O) groups is 4. The number of nitrogens with one attached hydrogen (secondary N) is 3. The molecule has 14 heteroatoms. The highest BCUT2D eigenvalue weighted by molar-refractivity contribution is 5.86. The third-order valence-corrected chi connectivity index (χ3v) is 11.5. The van der Waals surface area contributed by atoms with Crippen LogP contribution in [0.2, 0.25) is 0 Å². The van der Waals surface area contributed by atoms with Crippen LogP contribution >= 0.6 is 0 Å². The molecule has 55 heavy (non-hydrogen) atoms. The molecule has 5 atom stereocenters. The van der Waals surface area contributed by atoms with E-state index in [0.29, 0.717) is 25.3 Å². The van der Waals surface area contributed by atoms with E-state index in [1.54, 1.807) is 11.1 Å². The molecule has 4 N–H and O–H groups in total. The number of nitrogens with zero attached hydrogens (tertiary/aromatic N) is 5. The maximum absolute atomic E-state index is 13.6. The highest BCUT2D eigenvalue weighted by Crippen LogP contribution is 2.37. The normalized spacial score (nSPS) is 21.5. The Bertz CT molecular complexity index is 2010. The molecule has 290 valence electrons. The monoisotopic (exact) mass is 750 g/mol. The third kappa shape index (κ3) is 7.80. The predicted octanol–water partition coefficient (Wildman–Crippen LogP) is 6.62. The Balaban J connectivity index is 0.981. The molecule has 2 aliphatic heterocycles. The molecule has 1 saturated carbocycles. The van der Waals surface area contributed by atoms with Crippen LogP contribution in [0, 0.1) is 11.8 Å². The van der Waals surface area contributed by atoms with Crippen LogP contribution in [0.15, 0.2) is 60.9 Å². The van der Waals surface area contributed by atoms with Crippen molar-refractivity contribution in [3.63, 3.8) is 0 Å². The van der Waals surface area contributed by atoms with Crippen molar-refractivity contribution >= 4 is 24.0 Å². The molecule has 2 saturated heterocycles. The van der Waals surface area contributed by atoms with E-state index in [-0.39, 0.29) is 41.8 Å². The molecule has 0 spiro atoms. The summed E-state index contributed by atoms with van der Waals surface area (Å²) in [6, 6.07) is 15.4. The summed E-state index contributed by atoms with van der Waals surface area (Å²) in [5, 5.41) is 12.4. The Hall–Kier alpha value is -5.66. The smallest absolute Gasteiger partial charge is 0.407 e. The lowest BCUT2D eigenvalue weighted by atomic mass is 10.0. The van der Waals surface area contributed by atoms with E-state index in [1.807, 2.05) is 37.1 Å². The van der Waals surface area contributed by atoms with E-state index in [0.717, 1.165) is 82.9 Å². The number of carboxylic acid groups (broad SMARTS) is 1. The van der Waals surface area contributed by atoms with Gasteiger partial charge < -0.3 is 34.9 Å². The van der Waals surface area contributed by atoms with Gasteiger partial charge in [0, 0.05) is 32.1 Å². The van der Waals surface area contributed by atoms with Crippen molar-refractivity contribution in [2.24, 2.45) is 11.8 Å². The summed E-state index contributed by atoms with van der Waals surface area (Å²) in [7, 11) is 2.80. The zero-order chi connectivity index (χ0) is 38.8. The number of aromatic amines is 2. The van der Waals surface area contributed by atoms with Gasteiger partial charge in [0.1, 0.15) is 17.7 Å². The molecule has 0 radical (unpaired) electrons.